The van der Waals surface area contributed by atoms with Crippen molar-refractivity contribution in [2.24, 2.45) is 0 Å². The van der Waals surface area contributed by atoms with Gasteiger partial charge in [0.2, 0.25) is 5.91 Å². The van der Waals surface area contributed by atoms with Gasteiger partial charge in [-0.05, 0) is 63.9 Å². The molecule has 0 bridgehead atoms. The molecule has 1 N–H and O–H groups in total. The van der Waals surface area contributed by atoms with Crippen LogP contribution in [0.5, 0.6) is 0 Å². The van der Waals surface area contributed by atoms with Crippen molar-refractivity contribution in [1.29, 1.82) is 0 Å². The van der Waals surface area contributed by atoms with Gasteiger partial charge in [-0.2, -0.15) is 0 Å². The van der Waals surface area contributed by atoms with Crippen LogP contribution in [0.25, 0.3) is 11.1 Å². The van der Waals surface area contributed by atoms with Gasteiger partial charge in [0.05, 0.1) is 24.5 Å². The van der Waals surface area contributed by atoms with Crippen LogP contribution in [0, 0.1) is 20.8 Å². The quantitative estimate of drug-likeness (QED) is 0.195. The summed E-state index contributed by atoms with van der Waals surface area (Å²) in [5, 5.41) is 3.88. The maximum atomic E-state index is 14.2. The number of hydrogen-bond acceptors (Lipinski definition) is 9. The van der Waals surface area contributed by atoms with E-state index in [9.17, 15) is 18.0 Å². The van der Waals surface area contributed by atoms with E-state index < -0.39 is 10.0 Å². The zero-order valence-corrected chi connectivity index (χ0v) is 30.7. The summed E-state index contributed by atoms with van der Waals surface area (Å²) in [5.41, 5.74) is 4.21. The molecular weight excluding hydrogens is 657 g/mol. The lowest BCUT2D eigenvalue weighted by molar-refractivity contribution is -0.132. The van der Waals surface area contributed by atoms with Crippen molar-refractivity contribution in [2.45, 2.75) is 78.3 Å². The Hall–Kier alpha value is -4.33. The predicted molar refractivity (Wildman–Crippen MR) is 193 cm³/mol. The Morgan fingerprint density at radius 1 is 1.02 bits per heavy atom. The summed E-state index contributed by atoms with van der Waals surface area (Å²) < 4.78 is 42.7. The molecule has 0 saturated carbocycles. The summed E-state index contributed by atoms with van der Waals surface area (Å²) in [6, 6.07) is 12.5. The molecule has 1 amide bonds. The summed E-state index contributed by atoms with van der Waals surface area (Å²) in [4.78, 5) is 36.4. The standard InChI is InChI=1S/C37H48N6O6S/c1-7-9-14-34-38-26(4)32(22-35(44)42-19-17-41(6)18-20-42)37(45)43(34)23-28-15-16-30(29(21-28)24-48-8-2)31-12-10-11-13-33(31)50(46,47)40-36-25(3)27(5)49-39-36/h10-13,15-16,21H,7-9,14,17-20,22-24H2,1-6H3,(H,39,40). The van der Waals surface area contributed by atoms with Crippen molar-refractivity contribution in [3.8, 4) is 11.1 Å². The molecular formula is C37H48N6O6S. The Morgan fingerprint density at radius 2 is 1.76 bits per heavy atom. The highest BCUT2D eigenvalue weighted by atomic mass is 32.2. The van der Waals surface area contributed by atoms with E-state index in [1.807, 2.05) is 44.0 Å². The van der Waals surface area contributed by atoms with Crippen LogP contribution in [0.3, 0.4) is 0 Å². The van der Waals surface area contributed by atoms with E-state index in [1.165, 1.54) is 0 Å². The molecule has 12 nitrogen and oxygen atoms in total. The highest BCUT2D eigenvalue weighted by Crippen LogP contribution is 2.33. The number of nitrogens with one attached hydrogen (secondary N) is 1. The molecule has 1 aliphatic rings. The Balaban J connectivity index is 1.51. The van der Waals surface area contributed by atoms with Crippen LogP contribution < -0.4 is 10.3 Å². The van der Waals surface area contributed by atoms with Crippen molar-refractivity contribution >= 4 is 21.7 Å². The largest absolute Gasteiger partial charge is 0.377 e. The normalized spacial score (nSPS) is 13.9. The summed E-state index contributed by atoms with van der Waals surface area (Å²) in [7, 11) is -2.01. The van der Waals surface area contributed by atoms with Gasteiger partial charge in [-0.3, -0.25) is 18.9 Å². The molecule has 268 valence electrons. The van der Waals surface area contributed by atoms with Gasteiger partial charge in [0, 0.05) is 61.6 Å². The van der Waals surface area contributed by atoms with Crippen molar-refractivity contribution in [3.05, 3.63) is 92.4 Å². The Labute approximate surface area is 294 Å². The fraction of sp³-hybridized carbons (Fsp3) is 0.459. The third-order valence-corrected chi connectivity index (χ3v) is 10.7. The average Bonchev–Trinajstić information content (AvgIpc) is 3.41. The first-order valence-electron chi connectivity index (χ1n) is 17.2. The molecule has 0 radical (unpaired) electrons. The molecule has 1 fully saturated rings. The number of sulfonamides is 1. The highest BCUT2D eigenvalue weighted by Gasteiger charge is 2.25. The number of ether oxygens (including phenoxy) is 1. The number of aryl methyl sites for hydroxylation is 3. The maximum Gasteiger partial charge on any atom is 0.263 e. The van der Waals surface area contributed by atoms with Crippen molar-refractivity contribution in [2.75, 3.05) is 44.6 Å². The molecule has 0 atom stereocenters. The third-order valence-electron chi connectivity index (χ3n) is 9.31. The second-order valence-electron chi connectivity index (χ2n) is 12.9. The first-order valence-corrected chi connectivity index (χ1v) is 18.7. The van der Waals surface area contributed by atoms with E-state index in [1.54, 1.807) is 42.7 Å². The minimum absolute atomic E-state index is 0.0106. The smallest absolute Gasteiger partial charge is 0.263 e. The Kier molecular flexibility index (Phi) is 11.9. The molecule has 0 unspecified atom stereocenters. The number of nitrogens with zero attached hydrogens (tertiary/aromatic N) is 5. The number of carbonyl (C=O) groups excluding carboxylic acids is 1. The number of benzene rings is 2. The fourth-order valence-electron chi connectivity index (χ4n) is 6.11. The van der Waals surface area contributed by atoms with E-state index in [-0.39, 0.29) is 41.8 Å². The molecule has 1 saturated heterocycles. The van der Waals surface area contributed by atoms with Gasteiger partial charge >= 0.3 is 0 Å². The Bertz CT molecular complexity index is 2000. The van der Waals surface area contributed by atoms with Crippen LogP contribution in [0.2, 0.25) is 0 Å². The molecule has 5 rings (SSSR count). The number of hydrogen-bond donors (Lipinski definition) is 1. The van der Waals surface area contributed by atoms with Crippen molar-refractivity contribution < 1.29 is 22.5 Å². The molecule has 1 aliphatic heterocycles. The zero-order chi connectivity index (χ0) is 36.0. The van der Waals surface area contributed by atoms with Crippen molar-refractivity contribution in [1.82, 2.24) is 24.5 Å². The highest BCUT2D eigenvalue weighted by molar-refractivity contribution is 7.92. The number of amides is 1. The monoisotopic (exact) mass is 704 g/mol. The van der Waals surface area contributed by atoms with E-state index in [4.69, 9.17) is 14.2 Å². The van der Waals surface area contributed by atoms with E-state index in [0.29, 0.717) is 65.6 Å². The molecule has 2 aromatic heterocycles. The van der Waals surface area contributed by atoms with E-state index >= 15 is 0 Å². The molecule has 50 heavy (non-hydrogen) atoms. The van der Waals surface area contributed by atoms with Crippen LogP contribution in [0.15, 0.2) is 56.7 Å². The van der Waals surface area contributed by atoms with Crippen LogP contribution in [0.4, 0.5) is 5.82 Å². The second kappa shape index (κ2) is 16.1. The van der Waals surface area contributed by atoms with Gasteiger partial charge in [0.25, 0.3) is 15.6 Å². The number of rotatable bonds is 14. The predicted octanol–water partition coefficient (Wildman–Crippen LogP) is 4.87. The maximum absolute atomic E-state index is 14.2. The van der Waals surface area contributed by atoms with Crippen LogP contribution in [0.1, 0.15) is 66.2 Å². The summed E-state index contributed by atoms with van der Waals surface area (Å²) >= 11 is 0. The molecule has 2 aromatic carbocycles. The van der Waals surface area contributed by atoms with Crippen molar-refractivity contribution in [3.63, 3.8) is 0 Å². The number of unbranched alkanes of at least 4 members (excludes halogenated alkanes) is 1. The van der Waals surface area contributed by atoms with Gasteiger partial charge in [0.1, 0.15) is 11.6 Å². The summed E-state index contributed by atoms with van der Waals surface area (Å²) in [6.45, 7) is 13.1. The number of anilines is 1. The van der Waals surface area contributed by atoms with Gasteiger partial charge in [-0.1, -0.05) is 54.9 Å². The number of carbonyl (C=O) groups is 1. The molecule has 0 spiro atoms. The lowest BCUT2D eigenvalue weighted by Gasteiger charge is -2.32. The van der Waals surface area contributed by atoms with Crippen LogP contribution in [-0.4, -0.2) is 78.7 Å². The summed E-state index contributed by atoms with van der Waals surface area (Å²) in [5.74, 6) is 1.29. The zero-order valence-electron chi connectivity index (χ0n) is 29.9. The number of aromatic nitrogens is 3. The van der Waals surface area contributed by atoms with E-state index in [2.05, 4.69) is 21.7 Å². The lowest BCUT2D eigenvalue weighted by atomic mass is 9.97. The first-order chi connectivity index (χ1) is 23.9. The third kappa shape index (κ3) is 8.34. The molecule has 0 aliphatic carbocycles. The molecule has 4 aromatic rings. The summed E-state index contributed by atoms with van der Waals surface area (Å²) in [6.07, 6.45) is 2.45. The molecule has 13 heteroatoms. The first kappa shape index (κ1) is 36.9. The van der Waals surface area contributed by atoms with Gasteiger partial charge in [-0.15, -0.1) is 0 Å². The van der Waals surface area contributed by atoms with Gasteiger partial charge in [0.15, 0.2) is 5.82 Å². The van der Waals surface area contributed by atoms with Crippen LogP contribution >= 0.6 is 0 Å². The minimum Gasteiger partial charge on any atom is -0.377 e. The van der Waals surface area contributed by atoms with Crippen LogP contribution in [-0.2, 0) is 45.5 Å². The second-order valence-corrected chi connectivity index (χ2v) is 14.5. The van der Waals surface area contributed by atoms with Gasteiger partial charge in [-0.25, -0.2) is 13.4 Å². The Morgan fingerprint density at radius 3 is 2.44 bits per heavy atom. The molecule has 3 heterocycles. The average molecular weight is 705 g/mol. The number of piperazine rings is 1. The number of likely N-dealkylation sites (N-methyl/N-ethyl adjacent to an activating group) is 1. The fourth-order valence-corrected chi connectivity index (χ4v) is 7.39. The lowest BCUT2D eigenvalue weighted by Crippen LogP contribution is -2.48. The minimum atomic E-state index is -4.05. The SMILES string of the molecule is CCCCc1nc(C)c(CC(=O)N2CCN(C)CC2)c(=O)n1Cc1ccc(-c2ccccc2S(=O)(=O)Nc2noc(C)c2C)c(COCC)c1. The van der Waals surface area contributed by atoms with Gasteiger partial charge < -0.3 is 19.1 Å². The topological polar surface area (TPSA) is 140 Å². The van der Waals surface area contributed by atoms with E-state index in [0.717, 1.165) is 37.1 Å².